The van der Waals surface area contributed by atoms with Gasteiger partial charge in [0.15, 0.2) is 5.82 Å². The summed E-state index contributed by atoms with van der Waals surface area (Å²) in [5.41, 5.74) is 3.93. The average molecular weight is 180 g/mol. The normalized spacial score (nSPS) is 19.6. The van der Waals surface area contributed by atoms with Crippen LogP contribution in [0, 0.1) is 0 Å². The summed E-state index contributed by atoms with van der Waals surface area (Å²) >= 11 is 0. The van der Waals surface area contributed by atoms with E-state index in [0.29, 0.717) is 6.61 Å². The van der Waals surface area contributed by atoms with E-state index in [1.54, 1.807) is 4.68 Å². The van der Waals surface area contributed by atoms with Crippen molar-refractivity contribution in [1.29, 1.82) is 0 Å². The third-order valence-electron chi connectivity index (χ3n) is 1.85. The van der Waals surface area contributed by atoms with Gasteiger partial charge in [-0.25, -0.2) is 0 Å². The van der Waals surface area contributed by atoms with Crippen LogP contribution in [0.15, 0.2) is 17.4 Å². The number of nitrogens with one attached hydrogen (secondary N) is 1. The van der Waals surface area contributed by atoms with E-state index in [2.05, 4.69) is 15.6 Å². The Balaban J connectivity index is 1.95. The standard InChI is InChI=1S/C8H12N4O/c1-12-4-2-8(11-12)10-9-7-3-5-13-6-7/h2,4H,3,5-6H2,1H3,(H,10,11)/b9-7-. The molecule has 1 aromatic rings. The van der Waals surface area contributed by atoms with Gasteiger partial charge in [-0.3, -0.25) is 10.1 Å². The van der Waals surface area contributed by atoms with Crippen molar-refractivity contribution in [2.75, 3.05) is 18.6 Å². The van der Waals surface area contributed by atoms with Crippen LogP contribution in [0.5, 0.6) is 0 Å². The molecular weight excluding hydrogens is 168 g/mol. The second kappa shape index (κ2) is 3.57. The summed E-state index contributed by atoms with van der Waals surface area (Å²) in [6, 6.07) is 1.87. The third kappa shape index (κ3) is 2.06. The molecule has 1 aliphatic rings. The molecule has 0 amide bonds. The van der Waals surface area contributed by atoms with E-state index in [4.69, 9.17) is 4.74 Å². The van der Waals surface area contributed by atoms with Crippen LogP contribution in [0.3, 0.4) is 0 Å². The molecule has 2 rings (SSSR count). The van der Waals surface area contributed by atoms with Gasteiger partial charge >= 0.3 is 0 Å². The molecule has 0 bridgehead atoms. The number of aromatic nitrogens is 2. The molecule has 1 saturated heterocycles. The largest absolute Gasteiger partial charge is 0.375 e. The quantitative estimate of drug-likeness (QED) is 0.678. The summed E-state index contributed by atoms with van der Waals surface area (Å²) in [5, 5.41) is 8.30. The van der Waals surface area contributed by atoms with Crippen molar-refractivity contribution in [3.05, 3.63) is 12.3 Å². The van der Waals surface area contributed by atoms with Crippen LogP contribution in [-0.4, -0.2) is 28.7 Å². The topological polar surface area (TPSA) is 51.4 Å². The molecule has 2 heterocycles. The molecule has 1 aliphatic heterocycles. The number of aryl methyl sites for hydroxylation is 1. The van der Waals surface area contributed by atoms with E-state index in [9.17, 15) is 0 Å². The molecule has 0 radical (unpaired) electrons. The van der Waals surface area contributed by atoms with E-state index >= 15 is 0 Å². The van der Waals surface area contributed by atoms with Gasteiger partial charge in [-0.05, 0) is 0 Å². The Kier molecular flexibility index (Phi) is 2.27. The second-order valence-electron chi connectivity index (χ2n) is 2.97. The predicted molar refractivity (Wildman–Crippen MR) is 49.7 cm³/mol. The minimum absolute atomic E-state index is 0.639. The molecule has 0 unspecified atom stereocenters. The lowest BCUT2D eigenvalue weighted by molar-refractivity contribution is 0.209. The van der Waals surface area contributed by atoms with Crippen molar-refractivity contribution in [3.63, 3.8) is 0 Å². The summed E-state index contributed by atoms with van der Waals surface area (Å²) in [6.07, 6.45) is 2.79. The van der Waals surface area contributed by atoms with Gasteiger partial charge in [0.05, 0.1) is 18.9 Å². The molecule has 0 aliphatic carbocycles. The van der Waals surface area contributed by atoms with Gasteiger partial charge in [0.25, 0.3) is 0 Å². The van der Waals surface area contributed by atoms with Crippen LogP contribution in [0.25, 0.3) is 0 Å². The van der Waals surface area contributed by atoms with Crippen molar-refractivity contribution in [3.8, 4) is 0 Å². The van der Waals surface area contributed by atoms with Crippen LogP contribution < -0.4 is 5.43 Å². The first-order chi connectivity index (χ1) is 6.34. The van der Waals surface area contributed by atoms with Crippen LogP contribution in [0.1, 0.15) is 6.42 Å². The number of rotatable bonds is 2. The van der Waals surface area contributed by atoms with Crippen molar-refractivity contribution in [2.45, 2.75) is 6.42 Å². The van der Waals surface area contributed by atoms with E-state index in [1.165, 1.54) is 0 Å². The molecule has 0 saturated carbocycles. The fourth-order valence-corrected chi connectivity index (χ4v) is 1.15. The molecule has 5 nitrogen and oxygen atoms in total. The lowest BCUT2D eigenvalue weighted by Crippen LogP contribution is -2.01. The molecule has 1 fully saturated rings. The number of hydrazone groups is 1. The number of anilines is 1. The summed E-state index contributed by atoms with van der Waals surface area (Å²) in [5.74, 6) is 0.766. The Bertz CT molecular complexity index is 310. The van der Waals surface area contributed by atoms with Gasteiger partial charge in [-0.1, -0.05) is 0 Å². The average Bonchev–Trinajstić information content (AvgIpc) is 2.71. The first kappa shape index (κ1) is 8.25. The molecule has 0 aromatic carbocycles. The predicted octanol–water partition coefficient (Wildman–Crippen LogP) is 0.608. The lowest BCUT2D eigenvalue weighted by Gasteiger charge is -1.95. The van der Waals surface area contributed by atoms with Crippen LogP contribution in [0.2, 0.25) is 0 Å². The molecule has 70 valence electrons. The smallest absolute Gasteiger partial charge is 0.168 e. The Morgan fingerprint density at radius 1 is 1.69 bits per heavy atom. The molecule has 5 heteroatoms. The minimum atomic E-state index is 0.639. The Morgan fingerprint density at radius 3 is 3.23 bits per heavy atom. The maximum Gasteiger partial charge on any atom is 0.168 e. The highest BCUT2D eigenvalue weighted by molar-refractivity contribution is 5.87. The maximum atomic E-state index is 5.15. The molecular formula is C8H12N4O. The SMILES string of the molecule is Cn1ccc(N/N=C2/CCOC2)n1. The van der Waals surface area contributed by atoms with Crippen LogP contribution in [-0.2, 0) is 11.8 Å². The maximum absolute atomic E-state index is 5.15. The highest BCUT2D eigenvalue weighted by atomic mass is 16.5. The highest BCUT2D eigenvalue weighted by Gasteiger charge is 2.07. The zero-order chi connectivity index (χ0) is 9.10. The van der Waals surface area contributed by atoms with E-state index in [-0.39, 0.29) is 0 Å². The van der Waals surface area contributed by atoms with Gasteiger partial charge in [0, 0.05) is 25.7 Å². The number of nitrogens with zero attached hydrogens (tertiary/aromatic N) is 3. The Morgan fingerprint density at radius 2 is 2.62 bits per heavy atom. The lowest BCUT2D eigenvalue weighted by atomic mass is 10.3. The van der Waals surface area contributed by atoms with Crippen LogP contribution in [0.4, 0.5) is 5.82 Å². The number of hydrogen-bond donors (Lipinski definition) is 1. The molecule has 1 aromatic heterocycles. The van der Waals surface area contributed by atoms with Crippen molar-refractivity contribution < 1.29 is 4.74 Å². The van der Waals surface area contributed by atoms with E-state index < -0.39 is 0 Å². The van der Waals surface area contributed by atoms with E-state index in [0.717, 1.165) is 24.6 Å². The summed E-state index contributed by atoms with van der Waals surface area (Å²) in [7, 11) is 1.87. The molecule has 1 N–H and O–H groups in total. The molecule has 13 heavy (non-hydrogen) atoms. The van der Waals surface area contributed by atoms with Crippen molar-refractivity contribution >= 4 is 11.5 Å². The monoisotopic (exact) mass is 180 g/mol. The Labute approximate surface area is 76.4 Å². The summed E-state index contributed by atoms with van der Waals surface area (Å²) < 4.78 is 6.88. The number of ether oxygens (including phenoxy) is 1. The second-order valence-corrected chi connectivity index (χ2v) is 2.97. The summed E-state index contributed by atoms with van der Waals surface area (Å²) in [4.78, 5) is 0. The fourth-order valence-electron chi connectivity index (χ4n) is 1.15. The summed E-state index contributed by atoms with van der Waals surface area (Å²) in [6.45, 7) is 1.42. The van der Waals surface area contributed by atoms with Gasteiger partial charge in [0.2, 0.25) is 0 Å². The fraction of sp³-hybridized carbons (Fsp3) is 0.500. The van der Waals surface area contributed by atoms with Crippen molar-refractivity contribution in [1.82, 2.24) is 9.78 Å². The first-order valence-corrected chi connectivity index (χ1v) is 4.23. The number of hydrogen-bond acceptors (Lipinski definition) is 4. The Hall–Kier alpha value is -1.36. The van der Waals surface area contributed by atoms with Gasteiger partial charge in [-0.15, -0.1) is 0 Å². The van der Waals surface area contributed by atoms with Crippen molar-refractivity contribution in [2.24, 2.45) is 12.1 Å². The molecule has 0 spiro atoms. The van der Waals surface area contributed by atoms with Gasteiger partial charge in [0.1, 0.15) is 0 Å². The van der Waals surface area contributed by atoms with Crippen LogP contribution >= 0.6 is 0 Å². The first-order valence-electron chi connectivity index (χ1n) is 4.23. The van der Waals surface area contributed by atoms with E-state index in [1.807, 2.05) is 19.3 Å². The molecule has 0 atom stereocenters. The van der Waals surface area contributed by atoms with Gasteiger partial charge in [-0.2, -0.15) is 10.2 Å². The third-order valence-corrected chi connectivity index (χ3v) is 1.85. The zero-order valence-corrected chi connectivity index (χ0v) is 7.53. The van der Waals surface area contributed by atoms with Gasteiger partial charge < -0.3 is 4.74 Å². The highest BCUT2D eigenvalue weighted by Crippen LogP contribution is 2.03. The zero-order valence-electron chi connectivity index (χ0n) is 7.53. The minimum Gasteiger partial charge on any atom is -0.375 e.